The molecular weight excluding hydrogens is 230 g/mol. The molecule has 0 aliphatic carbocycles. The van der Waals surface area contributed by atoms with Crippen molar-refractivity contribution in [1.82, 2.24) is 15.0 Å². The van der Waals surface area contributed by atoms with Crippen molar-refractivity contribution in [2.24, 2.45) is 0 Å². The van der Waals surface area contributed by atoms with Crippen LogP contribution in [0.2, 0.25) is 0 Å². The van der Waals surface area contributed by atoms with Crippen LogP contribution in [0.3, 0.4) is 0 Å². The molecule has 0 fully saturated rings. The van der Waals surface area contributed by atoms with E-state index in [1.165, 1.54) is 6.33 Å². The standard InChI is InChI=1S/C12H17N5O/c1-4-13-10-5-11(16-7-15-10)17-9(3)12-14-6-8(2)18-12/h5-7,9H,4H2,1-3H3,(H2,13,15,16,17). The minimum absolute atomic E-state index is 0.0388. The van der Waals surface area contributed by atoms with E-state index in [1.807, 2.05) is 26.8 Å². The largest absolute Gasteiger partial charge is 0.444 e. The van der Waals surface area contributed by atoms with Crippen molar-refractivity contribution >= 4 is 11.6 Å². The van der Waals surface area contributed by atoms with Gasteiger partial charge in [-0.15, -0.1) is 0 Å². The van der Waals surface area contributed by atoms with Crippen LogP contribution in [0.1, 0.15) is 31.5 Å². The van der Waals surface area contributed by atoms with Crippen LogP contribution in [0.5, 0.6) is 0 Å². The molecule has 0 bridgehead atoms. The maximum atomic E-state index is 5.46. The molecule has 6 heteroatoms. The van der Waals surface area contributed by atoms with Crippen molar-refractivity contribution in [3.8, 4) is 0 Å². The predicted molar refractivity (Wildman–Crippen MR) is 69.5 cm³/mol. The van der Waals surface area contributed by atoms with Gasteiger partial charge in [0, 0.05) is 12.6 Å². The number of rotatable bonds is 5. The maximum absolute atomic E-state index is 5.46. The van der Waals surface area contributed by atoms with Crippen LogP contribution < -0.4 is 10.6 Å². The molecule has 2 aromatic heterocycles. The van der Waals surface area contributed by atoms with Gasteiger partial charge in [-0.1, -0.05) is 0 Å². The van der Waals surface area contributed by atoms with Gasteiger partial charge in [0.2, 0.25) is 5.89 Å². The quantitative estimate of drug-likeness (QED) is 0.844. The molecule has 2 aromatic rings. The van der Waals surface area contributed by atoms with Gasteiger partial charge < -0.3 is 15.1 Å². The fourth-order valence-electron chi connectivity index (χ4n) is 1.57. The molecule has 1 atom stereocenters. The van der Waals surface area contributed by atoms with E-state index in [1.54, 1.807) is 6.20 Å². The first-order chi connectivity index (χ1) is 8.69. The van der Waals surface area contributed by atoms with E-state index < -0.39 is 0 Å². The minimum Gasteiger partial charge on any atom is -0.444 e. The molecule has 6 nitrogen and oxygen atoms in total. The maximum Gasteiger partial charge on any atom is 0.216 e. The number of hydrogen-bond acceptors (Lipinski definition) is 6. The predicted octanol–water partition coefficient (Wildman–Crippen LogP) is 2.38. The Hall–Kier alpha value is -2.11. The third kappa shape index (κ3) is 2.97. The summed E-state index contributed by atoms with van der Waals surface area (Å²) in [6.45, 7) is 6.69. The van der Waals surface area contributed by atoms with Crippen molar-refractivity contribution in [3.05, 3.63) is 30.2 Å². The second-order valence-corrected chi connectivity index (χ2v) is 3.99. The van der Waals surface area contributed by atoms with E-state index in [-0.39, 0.29) is 6.04 Å². The van der Waals surface area contributed by atoms with Gasteiger partial charge in [-0.05, 0) is 20.8 Å². The van der Waals surface area contributed by atoms with Crippen LogP contribution in [-0.2, 0) is 0 Å². The molecule has 96 valence electrons. The number of aryl methyl sites for hydroxylation is 1. The molecule has 1 unspecified atom stereocenters. The first-order valence-electron chi connectivity index (χ1n) is 5.94. The number of nitrogens with zero attached hydrogens (tertiary/aromatic N) is 3. The highest BCUT2D eigenvalue weighted by molar-refractivity contribution is 5.46. The number of hydrogen-bond donors (Lipinski definition) is 2. The van der Waals surface area contributed by atoms with Crippen molar-refractivity contribution in [1.29, 1.82) is 0 Å². The summed E-state index contributed by atoms with van der Waals surface area (Å²) in [7, 11) is 0. The molecule has 2 heterocycles. The van der Waals surface area contributed by atoms with Gasteiger partial charge in [-0.2, -0.15) is 0 Å². The molecule has 0 spiro atoms. The van der Waals surface area contributed by atoms with Gasteiger partial charge in [0.1, 0.15) is 29.8 Å². The Labute approximate surface area is 106 Å². The van der Waals surface area contributed by atoms with Crippen molar-refractivity contribution in [3.63, 3.8) is 0 Å². The van der Waals surface area contributed by atoms with E-state index in [0.29, 0.717) is 5.89 Å². The van der Waals surface area contributed by atoms with Crippen molar-refractivity contribution < 1.29 is 4.42 Å². The lowest BCUT2D eigenvalue weighted by Gasteiger charge is -2.11. The van der Waals surface area contributed by atoms with Gasteiger partial charge in [0.25, 0.3) is 0 Å². The van der Waals surface area contributed by atoms with E-state index in [2.05, 4.69) is 25.6 Å². The SMILES string of the molecule is CCNc1cc(NC(C)c2ncc(C)o2)ncn1. The number of anilines is 2. The zero-order valence-electron chi connectivity index (χ0n) is 10.8. The molecule has 0 aromatic carbocycles. The third-order valence-corrected chi connectivity index (χ3v) is 2.40. The summed E-state index contributed by atoms with van der Waals surface area (Å²) in [6, 6.07) is 1.82. The Kier molecular flexibility index (Phi) is 3.76. The number of nitrogens with one attached hydrogen (secondary N) is 2. The first-order valence-corrected chi connectivity index (χ1v) is 5.94. The van der Waals surface area contributed by atoms with E-state index >= 15 is 0 Å². The summed E-state index contributed by atoms with van der Waals surface area (Å²) in [6.07, 6.45) is 3.23. The lowest BCUT2D eigenvalue weighted by atomic mass is 10.3. The summed E-state index contributed by atoms with van der Waals surface area (Å²) in [5.41, 5.74) is 0. The topological polar surface area (TPSA) is 75.9 Å². The Morgan fingerprint density at radius 2 is 2.06 bits per heavy atom. The van der Waals surface area contributed by atoms with Crippen molar-refractivity contribution in [2.75, 3.05) is 17.2 Å². The fraction of sp³-hybridized carbons (Fsp3) is 0.417. The molecular formula is C12H17N5O. The summed E-state index contributed by atoms with van der Waals surface area (Å²) >= 11 is 0. The Morgan fingerprint density at radius 1 is 1.28 bits per heavy atom. The molecule has 0 amide bonds. The Bertz CT molecular complexity index is 511. The van der Waals surface area contributed by atoms with Crippen molar-refractivity contribution in [2.45, 2.75) is 26.8 Å². The average Bonchev–Trinajstić information content (AvgIpc) is 2.77. The van der Waals surface area contributed by atoms with Crippen LogP contribution in [0.25, 0.3) is 0 Å². The lowest BCUT2D eigenvalue weighted by molar-refractivity contribution is 0.453. The van der Waals surface area contributed by atoms with Gasteiger partial charge in [0.15, 0.2) is 0 Å². The molecule has 2 N–H and O–H groups in total. The van der Waals surface area contributed by atoms with Crippen LogP contribution in [-0.4, -0.2) is 21.5 Å². The second kappa shape index (κ2) is 5.48. The van der Waals surface area contributed by atoms with Crippen LogP contribution in [0.4, 0.5) is 11.6 Å². The molecule has 0 aliphatic heterocycles. The zero-order valence-corrected chi connectivity index (χ0v) is 10.8. The van der Waals surface area contributed by atoms with Crippen LogP contribution in [0, 0.1) is 6.92 Å². The third-order valence-electron chi connectivity index (χ3n) is 2.40. The molecule has 0 saturated heterocycles. The first kappa shape index (κ1) is 12.3. The highest BCUT2D eigenvalue weighted by Gasteiger charge is 2.11. The van der Waals surface area contributed by atoms with E-state index in [9.17, 15) is 0 Å². The van der Waals surface area contributed by atoms with E-state index in [4.69, 9.17) is 4.42 Å². The molecule has 0 radical (unpaired) electrons. The van der Waals surface area contributed by atoms with E-state index in [0.717, 1.165) is 23.9 Å². The minimum atomic E-state index is -0.0388. The average molecular weight is 247 g/mol. The number of oxazole rings is 1. The van der Waals surface area contributed by atoms with Gasteiger partial charge in [-0.25, -0.2) is 15.0 Å². The van der Waals surface area contributed by atoms with Crippen LogP contribution in [0.15, 0.2) is 23.0 Å². The molecule has 0 saturated carbocycles. The van der Waals surface area contributed by atoms with Gasteiger partial charge in [-0.3, -0.25) is 0 Å². The van der Waals surface area contributed by atoms with Gasteiger partial charge in [0.05, 0.1) is 6.20 Å². The second-order valence-electron chi connectivity index (χ2n) is 3.99. The lowest BCUT2D eigenvalue weighted by Crippen LogP contribution is -2.09. The monoisotopic (exact) mass is 247 g/mol. The highest BCUT2D eigenvalue weighted by Crippen LogP contribution is 2.18. The highest BCUT2D eigenvalue weighted by atomic mass is 16.4. The summed E-state index contributed by atoms with van der Waals surface area (Å²) < 4.78 is 5.46. The Morgan fingerprint density at radius 3 is 2.72 bits per heavy atom. The smallest absolute Gasteiger partial charge is 0.216 e. The summed E-state index contributed by atoms with van der Waals surface area (Å²) in [4.78, 5) is 12.5. The van der Waals surface area contributed by atoms with Crippen LogP contribution >= 0.6 is 0 Å². The molecule has 18 heavy (non-hydrogen) atoms. The summed E-state index contributed by atoms with van der Waals surface area (Å²) in [5.74, 6) is 2.99. The molecule has 0 aliphatic rings. The van der Waals surface area contributed by atoms with Gasteiger partial charge >= 0.3 is 0 Å². The molecule has 2 rings (SSSR count). The number of aromatic nitrogens is 3. The Balaban J connectivity index is 2.06. The normalized spacial score (nSPS) is 12.2. The summed E-state index contributed by atoms with van der Waals surface area (Å²) in [5, 5.41) is 6.36. The fourth-order valence-corrected chi connectivity index (χ4v) is 1.57. The zero-order chi connectivity index (χ0) is 13.0.